The smallest absolute Gasteiger partial charge is 0.358 e. The molecular weight excluding hydrogens is 386 g/mol. The van der Waals surface area contributed by atoms with Crippen LogP contribution >= 0.6 is 11.6 Å². The Bertz CT molecular complexity index is 1170. The maximum atomic E-state index is 13.1. The highest BCUT2D eigenvalue weighted by Gasteiger charge is 2.27. The minimum atomic E-state index is -1.09. The minimum Gasteiger partial charge on any atom is -0.444 e. The van der Waals surface area contributed by atoms with E-state index < -0.39 is 12.1 Å². The van der Waals surface area contributed by atoms with Crippen LogP contribution in [0.4, 0.5) is 0 Å². The van der Waals surface area contributed by atoms with Crippen molar-refractivity contribution in [2.24, 2.45) is 0 Å². The van der Waals surface area contributed by atoms with Crippen molar-refractivity contribution in [1.82, 2.24) is 4.98 Å². The number of para-hydroxylation sites is 1. The second kappa shape index (κ2) is 8.25. The molecule has 29 heavy (non-hydrogen) atoms. The standard InChI is InChI=1S/C24H16ClNO3/c25-19-13-10-17(11-14-19)22(27)23(18-7-2-1-3-8-18)29-24(28)21-15-12-16-6-4-5-9-20(16)26-21/h1-15,23H/t23-/m1/s1. The van der Waals surface area contributed by atoms with Crippen LogP contribution in [-0.4, -0.2) is 16.7 Å². The van der Waals surface area contributed by atoms with Crippen molar-refractivity contribution in [3.63, 3.8) is 0 Å². The first-order chi connectivity index (χ1) is 14.1. The predicted molar refractivity (Wildman–Crippen MR) is 112 cm³/mol. The maximum Gasteiger partial charge on any atom is 0.358 e. The molecule has 0 radical (unpaired) electrons. The Hall–Kier alpha value is -3.50. The van der Waals surface area contributed by atoms with Crippen LogP contribution in [0.25, 0.3) is 10.9 Å². The van der Waals surface area contributed by atoms with Crippen LogP contribution in [0, 0.1) is 0 Å². The largest absolute Gasteiger partial charge is 0.444 e. The van der Waals surface area contributed by atoms with Gasteiger partial charge in [0.1, 0.15) is 5.69 Å². The number of ether oxygens (including phenoxy) is 1. The summed E-state index contributed by atoms with van der Waals surface area (Å²) in [6, 6.07) is 26.3. The lowest BCUT2D eigenvalue weighted by molar-refractivity contribution is 0.0275. The average molecular weight is 402 g/mol. The number of rotatable bonds is 5. The molecule has 0 aliphatic rings. The molecule has 3 aromatic carbocycles. The number of halogens is 1. The molecule has 1 heterocycles. The molecule has 1 atom stereocenters. The Morgan fingerprint density at radius 3 is 2.24 bits per heavy atom. The summed E-state index contributed by atoms with van der Waals surface area (Å²) in [6.45, 7) is 0. The Morgan fingerprint density at radius 2 is 1.48 bits per heavy atom. The Morgan fingerprint density at radius 1 is 0.793 bits per heavy atom. The van der Waals surface area contributed by atoms with Crippen LogP contribution in [0.2, 0.25) is 5.02 Å². The number of ketones is 1. The summed E-state index contributed by atoms with van der Waals surface area (Å²) in [7, 11) is 0. The summed E-state index contributed by atoms with van der Waals surface area (Å²) in [4.78, 5) is 30.3. The zero-order valence-corrected chi connectivity index (χ0v) is 16.0. The third-order valence-corrected chi connectivity index (χ3v) is 4.75. The molecule has 0 fully saturated rings. The summed E-state index contributed by atoms with van der Waals surface area (Å²) in [5.41, 5.74) is 1.82. The fourth-order valence-electron chi connectivity index (χ4n) is 3.01. The summed E-state index contributed by atoms with van der Waals surface area (Å²) < 4.78 is 5.63. The molecule has 0 spiro atoms. The maximum absolute atomic E-state index is 13.1. The zero-order chi connectivity index (χ0) is 20.2. The average Bonchev–Trinajstić information content (AvgIpc) is 2.77. The van der Waals surface area contributed by atoms with Gasteiger partial charge in [-0.3, -0.25) is 4.79 Å². The fraction of sp³-hybridized carbons (Fsp3) is 0.0417. The molecule has 4 nitrogen and oxygen atoms in total. The van der Waals surface area contributed by atoms with Crippen LogP contribution in [0.3, 0.4) is 0 Å². The third kappa shape index (κ3) is 4.18. The topological polar surface area (TPSA) is 56.3 Å². The fourth-order valence-corrected chi connectivity index (χ4v) is 3.14. The van der Waals surface area contributed by atoms with E-state index in [1.165, 1.54) is 0 Å². The van der Waals surface area contributed by atoms with Crippen LogP contribution in [0.1, 0.15) is 32.5 Å². The highest BCUT2D eigenvalue weighted by molar-refractivity contribution is 6.30. The van der Waals surface area contributed by atoms with E-state index in [2.05, 4.69) is 4.98 Å². The van der Waals surface area contributed by atoms with Gasteiger partial charge in [-0.05, 0) is 36.4 Å². The van der Waals surface area contributed by atoms with E-state index in [0.717, 1.165) is 5.39 Å². The van der Waals surface area contributed by atoms with Gasteiger partial charge in [-0.15, -0.1) is 0 Å². The number of pyridine rings is 1. The van der Waals surface area contributed by atoms with Crippen molar-refractivity contribution >= 4 is 34.3 Å². The number of hydrogen-bond donors (Lipinski definition) is 0. The van der Waals surface area contributed by atoms with Crippen LogP contribution in [-0.2, 0) is 4.74 Å². The molecule has 4 aromatic rings. The molecule has 1 aromatic heterocycles. The normalized spacial score (nSPS) is 11.8. The van der Waals surface area contributed by atoms with Gasteiger partial charge in [0.25, 0.3) is 0 Å². The summed E-state index contributed by atoms with van der Waals surface area (Å²) >= 11 is 5.92. The Balaban J connectivity index is 1.66. The van der Waals surface area contributed by atoms with Crippen molar-refractivity contribution < 1.29 is 14.3 Å². The van der Waals surface area contributed by atoms with Crippen molar-refractivity contribution in [3.8, 4) is 0 Å². The zero-order valence-electron chi connectivity index (χ0n) is 15.3. The van der Waals surface area contributed by atoms with Gasteiger partial charge < -0.3 is 4.74 Å². The number of Topliss-reactive ketones (excluding diaryl/α,β-unsaturated/α-hetero) is 1. The summed E-state index contributed by atoms with van der Waals surface area (Å²) in [5, 5.41) is 1.44. The van der Waals surface area contributed by atoms with E-state index in [1.807, 2.05) is 30.3 Å². The first-order valence-electron chi connectivity index (χ1n) is 9.03. The number of benzene rings is 3. The van der Waals surface area contributed by atoms with Gasteiger partial charge in [0, 0.05) is 21.5 Å². The Labute approximate surface area is 172 Å². The molecular formula is C24H16ClNO3. The first-order valence-corrected chi connectivity index (χ1v) is 9.41. The van der Waals surface area contributed by atoms with Crippen LogP contribution < -0.4 is 0 Å². The summed E-state index contributed by atoms with van der Waals surface area (Å²) in [5.74, 6) is -0.992. The van der Waals surface area contributed by atoms with Gasteiger partial charge in [-0.25, -0.2) is 9.78 Å². The van der Waals surface area contributed by atoms with E-state index in [1.54, 1.807) is 60.7 Å². The highest BCUT2D eigenvalue weighted by Crippen LogP contribution is 2.25. The number of hydrogen-bond acceptors (Lipinski definition) is 4. The van der Waals surface area contributed by atoms with Crippen LogP contribution in [0.5, 0.6) is 0 Å². The number of carbonyl (C=O) groups excluding carboxylic acids is 2. The van der Waals surface area contributed by atoms with Crippen molar-refractivity contribution in [2.45, 2.75) is 6.10 Å². The molecule has 0 unspecified atom stereocenters. The van der Waals surface area contributed by atoms with Gasteiger partial charge in [-0.1, -0.05) is 66.2 Å². The van der Waals surface area contributed by atoms with E-state index in [9.17, 15) is 9.59 Å². The van der Waals surface area contributed by atoms with Crippen molar-refractivity contribution in [2.75, 3.05) is 0 Å². The van der Waals surface area contributed by atoms with E-state index >= 15 is 0 Å². The van der Waals surface area contributed by atoms with Gasteiger partial charge >= 0.3 is 5.97 Å². The molecule has 0 bridgehead atoms. The lowest BCUT2D eigenvalue weighted by Gasteiger charge is -2.17. The predicted octanol–water partition coefficient (Wildman–Crippen LogP) is 5.67. The second-order valence-corrected chi connectivity index (χ2v) is 6.89. The molecule has 0 amide bonds. The highest BCUT2D eigenvalue weighted by atomic mass is 35.5. The van der Waals surface area contributed by atoms with Crippen LogP contribution in [0.15, 0.2) is 91.0 Å². The van der Waals surface area contributed by atoms with E-state index in [0.29, 0.717) is 21.7 Å². The lowest BCUT2D eigenvalue weighted by Crippen LogP contribution is -2.21. The third-order valence-electron chi connectivity index (χ3n) is 4.50. The van der Waals surface area contributed by atoms with Crippen molar-refractivity contribution in [1.29, 1.82) is 0 Å². The summed E-state index contributed by atoms with van der Waals surface area (Å²) in [6.07, 6.45) is -1.09. The number of aromatic nitrogens is 1. The van der Waals surface area contributed by atoms with Gasteiger partial charge in [-0.2, -0.15) is 0 Å². The molecule has 0 aliphatic heterocycles. The first kappa shape index (κ1) is 18.8. The molecule has 4 rings (SSSR count). The molecule has 0 aliphatic carbocycles. The number of fused-ring (bicyclic) bond motifs is 1. The van der Waals surface area contributed by atoms with E-state index in [-0.39, 0.29) is 11.5 Å². The van der Waals surface area contributed by atoms with Gasteiger partial charge in [0.15, 0.2) is 6.10 Å². The molecule has 142 valence electrons. The quantitative estimate of drug-likeness (QED) is 0.319. The van der Waals surface area contributed by atoms with Crippen molar-refractivity contribution in [3.05, 3.63) is 113 Å². The van der Waals surface area contributed by atoms with Gasteiger partial charge in [0.05, 0.1) is 5.52 Å². The monoisotopic (exact) mass is 401 g/mol. The second-order valence-electron chi connectivity index (χ2n) is 6.46. The minimum absolute atomic E-state index is 0.147. The van der Waals surface area contributed by atoms with E-state index in [4.69, 9.17) is 16.3 Å². The van der Waals surface area contributed by atoms with Gasteiger partial charge in [0.2, 0.25) is 5.78 Å². The number of carbonyl (C=O) groups is 2. The molecule has 0 saturated carbocycles. The number of esters is 1. The Kier molecular flexibility index (Phi) is 5.36. The SMILES string of the molecule is O=C(O[C@@H](C(=O)c1ccc(Cl)cc1)c1ccccc1)c1ccc2ccccc2n1. The lowest BCUT2D eigenvalue weighted by atomic mass is 10.00. The molecule has 0 N–H and O–H groups in total. The molecule has 5 heteroatoms. The number of nitrogens with zero attached hydrogens (tertiary/aromatic N) is 1. The molecule has 0 saturated heterocycles.